The van der Waals surface area contributed by atoms with Crippen LogP contribution in [0.4, 0.5) is 17.1 Å². The van der Waals surface area contributed by atoms with Gasteiger partial charge < -0.3 is 20.3 Å². The number of aromatic nitrogens is 4. The number of carbonyl (C=O) groups is 3. The van der Waals surface area contributed by atoms with E-state index in [-0.39, 0.29) is 52.1 Å². The number of hydrogen-bond acceptors (Lipinski definition) is 10. The number of hydrogen-bond donors (Lipinski definition) is 5. The van der Waals surface area contributed by atoms with Crippen LogP contribution in [0, 0.1) is 0 Å². The lowest BCUT2D eigenvalue weighted by atomic mass is 10.1. The maximum Gasteiger partial charge on any atom is 0.337 e. The summed E-state index contributed by atoms with van der Waals surface area (Å²) in [6.45, 7) is -0.0445. The SMILES string of the molecule is O=C(CCCOc1ccc(NS(=O)(=O)c2cnn(-c3ccc(Cl)cc3)c2)c(C(=O)O)c1)Nc1ccc(NS(=O)(=O)c2cnn(-c3ccc(Cl)cc3)c2)c(C(=O)O)c1. The Morgan fingerprint density at radius 2 is 1.14 bits per heavy atom. The van der Waals surface area contributed by atoms with Crippen LogP contribution in [0.1, 0.15) is 33.6 Å². The van der Waals surface area contributed by atoms with Gasteiger partial charge in [-0.1, -0.05) is 23.2 Å². The molecule has 4 aromatic carbocycles. The summed E-state index contributed by atoms with van der Waals surface area (Å²) < 4.78 is 65.1. The van der Waals surface area contributed by atoms with Gasteiger partial charge in [0, 0.05) is 22.2 Å². The quantitative estimate of drug-likeness (QED) is 0.0688. The van der Waals surface area contributed by atoms with Gasteiger partial charge in [-0.15, -0.1) is 0 Å². The minimum absolute atomic E-state index is 0.0445. The van der Waals surface area contributed by atoms with Crippen molar-refractivity contribution in [3.63, 3.8) is 0 Å². The van der Waals surface area contributed by atoms with Crippen LogP contribution in [0.3, 0.4) is 0 Å². The van der Waals surface area contributed by atoms with Gasteiger partial charge in [-0.2, -0.15) is 10.2 Å². The number of nitrogens with one attached hydrogen (secondary N) is 3. The molecule has 57 heavy (non-hydrogen) atoms. The van der Waals surface area contributed by atoms with E-state index in [4.69, 9.17) is 27.9 Å². The molecule has 0 saturated heterocycles. The number of benzene rings is 4. The first-order valence-electron chi connectivity index (χ1n) is 16.4. The second-order valence-electron chi connectivity index (χ2n) is 12.0. The number of nitrogens with zero attached hydrogens (tertiary/aromatic N) is 4. The van der Waals surface area contributed by atoms with Crippen LogP contribution >= 0.6 is 23.2 Å². The number of ether oxygens (including phenoxy) is 1. The molecule has 1 amide bonds. The molecule has 0 bridgehead atoms. The third-order valence-corrected chi connectivity index (χ3v) is 11.1. The van der Waals surface area contributed by atoms with Crippen molar-refractivity contribution in [1.82, 2.24) is 19.6 Å². The third kappa shape index (κ3) is 9.89. The molecular formula is C36H29Cl2N7O10S2. The van der Waals surface area contributed by atoms with E-state index < -0.39 is 49.0 Å². The molecule has 0 unspecified atom stereocenters. The van der Waals surface area contributed by atoms with Gasteiger partial charge in [0.25, 0.3) is 20.0 Å². The molecule has 0 spiro atoms. The Balaban J connectivity index is 1.03. The summed E-state index contributed by atoms with van der Waals surface area (Å²) >= 11 is 11.8. The van der Waals surface area contributed by atoms with E-state index in [9.17, 15) is 41.4 Å². The van der Waals surface area contributed by atoms with Crippen LogP contribution < -0.4 is 19.5 Å². The molecule has 17 nitrogen and oxygen atoms in total. The lowest BCUT2D eigenvalue weighted by Gasteiger charge is -2.13. The number of halogens is 2. The van der Waals surface area contributed by atoms with Gasteiger partial charge in [0.15, 0.2) is 0 Å². The monoisotopic (exact) mass is 853 g/mol. The van der Waals surface area contributed by atoms with E-state index in [2.05, 4.69) is 25.0 Å². The number of carbonyl (C=O) groups excluding carboxylic acids is 1. The Labute approximate surface area is 334 Å². The average molecular weight is 855 g/mol. The fourth-order valence-electron chi connectivity index (χ4n) is 5.18. The van der Waals surface area contributed by atoms with Crippen LogP contribution in [0.5, 0.6) is 5.75 Å². The van der Waals surface area contributed by atoms with E-state index in [0.29, 0.717) is 21.4 Å². The van der Waals surface area contributed by atoms with Gasteiger partial charge in [0.05, 0.1) is 65.3 Å². The van der Waals surface area contributed by atoms with E-state index >= 15 is 0 Å². The fourth-order valence-corrected chi connectivity index (χ4v) is 7.45. The first kappa shape index (κ1) is 40.3. The summed E-state index contributed by atoms with van der Waals surface area (Å²) in [5.74, 6) is -3.32. The highest BCUT2D eigenvalue weighted by atomic mass is 35.5. The molecule has 2 aromatic heterocycles. The van der Waals surface area contributed by atoms with Gasteiger partial charge in [-0.25, -0.2) is 35.8 Å². The summed E-state index contributed by atoms with van der Waals surface area (Å²) in [7, 11) is -8.52. The largest absolute Gasteiger partial charge is 0.494 e. The molecule has 2 heterocycles. The average Bonchev–Trinajstić information content (AvgIpc) is 3.87. The van der Waals surface area contributed by atoms with Crippen molar-refractivity contribution in [2.45, 2.75) is 22.6 Å². The van der Waals surface area contributed by atoms with E-state index in [0.717, 1.165) is 24.5 Å². The molecule has 5 N–H and O–H groups in total. The van der Waals surface area contributed by atoms with Gasteiger partial charge >= 0.3 is 11.9 Å². The molecule has 0 aliphatic carbocycles. The van der Waals surface area contributed by atoms with E-state index in [1.54, 1.807) is 48.5 Å². The summed E-state index contributed by atoms with van der Waals surface area (Å²) in [5, 5.41) is 31.2. The van der Waals surface area contributed by atoms with Crippen LogP contribution in [-0.4, -0.2) is 71.1 Å². The first-order chi connectivity index (χ1) is 27.1. The first-order valence-corrected chi connectivity index (χ1v) is 20.1. The van der Waals surface area contributed by atoms with Gasteiger partial charge in [-0.3, -0.25) is 14.2 Å². The number of aromatic carboxylic acids is 2. The summed E-state index contributed by atoms with van der Waals surface area (Å²) in [6, 6.07) is 20.3. The van der Waals surface area contributed by atoms with Crippen molar-refractivity contribution >= 4 is 78.2 Å². The highest BCUT2D eigenvalue weighted by Gasteiger charge is 2.23. The molecule has 0 fully saturated rings. The smallest absolute Gasteiger partial charge is 0.337 e. The molecule has 21 heteroatoms. The zero-order valence-electron chi connectivity index (χ0n) is 29.0. The topological polar surface area (TPSA) is 241 Å². The van der Waals surface area contributed by atoms with Crippen molar-refractivity contribution in [3.05, 3.63) is 131 Å². The van der Waals surface area contributed by atoms with Crippen molar-refractivity contribution in [2.24, 2.45) is 0 Å². The number of carboxylic acid groups (broad SMARTS) is 2. The van der Waals surface area contributed by atoms with Crippen molar-refractivity contribution in [1.29, 1.82) is 0 Å². The number of anilines is 3. The molecular weight excluding hydrogens is 825 g/mol. The summed E-state index contributed by atoms with van der Waals surface area (Å²) in [6.07, 6.45) is 4.77. The Kier molecular flexibility index (Phi) is 11.8. The molecule has 0 saturated carbocycles. The lowest BCUT2D eigenvalue weighted by molar-refractivity contribution is -0.116. The van der Waals surface area contributed by atoms with E-state index in [1.807, 2.05) is 0 Å². The Morgan fingerprint density at radius 3 is 1.63 bits per heavy atom. The standard InChI is InChI=1S/C36H29Cl2N7O10S2/c37-22-3-8-25(9-4-22)44-20-28(18-39-44)56(51,52)42-32-13-7-24(16-30(32)35(47)48)41-34(46)2-1-15-55-27-12-14-33(31(17-27)36(49)50)43-57(53,54)29-19-40-45(21-29)26-10-5-23(38)6-11-26/h3-14,16-21,42-43H,1-2,15H2,(H,41,46)(H,47,48)(H,49,50). The zero-order chi connectivity index (χ0) is 40.9. The fraction of sp³-hybridized carbons (Fsp3) is 0.0833. The third-order valence-electron chi connectivity index (χ3n) is 7.98. The maximum absolute atomic E-state index is 13.1. The maximum atomic E-state index is 13.1. The molecule has 0 atom stereocenters. The lowest BCUT2D eigenvalue weighted by Crippen LogP contribution is -2.17. The Hall–Kier alpha value is -6.41. The summed E-state index contributed by atoms with van der Waals surface area (Å²) in [5.41, 5.74) is -0.131. The molecule has 6 rings (SSSR count). The number of amides is 1. The van der Waals surface area contributed by atoms with Crippen LogP contribution in [-0.2, 0) is 24.8 Å². The molecule has 0 aliphatic rings. The van der Waals surface area contributed by atoms with Crippen molar-refractivity contribution < 1.29 is 46.2 Å². The van der Waals surface area contributed by atoms with Crippen LogP contribution in [0.15, 0.2) is 120 Å². The Bertz CT molecular complexity index is 2700. The number of sulfonamides is 2. The minimum Gasteiger partial charge on any atom is -0.494 e. The number of rotatable bonds is 16. The molecule has 0 radical (unpaired) electrons. The van der Waals surface area contributed by atoms with E-state index in [1.165, 1.54) is 46.0 Å². The van der Waals surface area contributed by atoms with Crippen LogP contribution in [0.2, 0.25) is 10.0 Å². The predicted octanol–water partition coefficient (Wildman–Crippen LogP) is 6.16. The van der Waals surface area contributed by atoms with Crippen molar-refractivity contribution in [3.8, 4) is 17.1 Å². The van der Waals surface area contributed by atoms with Crippen LogP contribution in [0.25, 0.3) is 11.4 Å². The Morgan fingerprint density at radius 1 is 0.667 bits per heavy atom. The minimum atomic E-state index is -4.27. The second-order valence-corrected chi connectivity index (χ2v) is 16.2. The molecule has 0 aliphatic heterocycles. The highest BCUT2D eigenvalue weighted by Crippen LogP contribution is 2.27. The van der Waals surface area contributed by atoms with Crippen molar-refractivity contribution in [2.75, 3.05) is 21.4 Å². The predicted molar refractivity (Wildman–Crippen MR) is 209 cm³/mol. The normalized spacial score (nSPS) is 11.5. The molecule has 294 valence electrons. The van der Waals surface area contributed by atoms with Gasteiger partial charge in [0.1, 0.15) is 15.5 Å². The number of carboxylic acids is 2. The molecule has 6 aromatic rings. The van der Waals surface area contributed by atoms with Gasteiger partial charge in [0.2, 0.25) is 5.91 Å². The summed E-state index contributed by atoms with van der Waals surface area (Å²) in [4.78, 5) is 36.3. The zero-order valence-corrected chi connectivity index (χ0v) is 32.2. The highest BCUT2D eigenvalue weighted by molar-refractivity contribution is 7.93. The van der Waals surface area contributed by atoms with Gasteiger partial charge in [-0.05, 0) is 91.3 Å². The second kappa shape index (κ2) is 16.8.